The number of anilines is 2. The highest BCUT2D eigenvalue weighted by atomic mass is 32.2. The Morgan fingerprint density at radius 1 is 1.07 bits per heavy atom. The molecule has 0 radical (unpaired) electrons. The molecule has 0 aromatic heterocycles. The van der Waals surface area contributed by atoms with Gasteiger partial charge in [-0.3, -0.25) is 9.52 Å². The molecule has 1 amide bonds. The fourth-order valence-corrected chi connectivity index (χ4v) is 4.89. The van der Waals surface area contributed by atoms with Crippen LogP contribution in [0.2, 0.25) is 0 Å². The van der Waals surface area contributed by atoms with Crippen LogP contribution in [-0.2, 0) is 21.2 Å². The smallest absolute Gasteiger partial charge is 0.261 e. The van der Waals surface area contributed by atoms with E-state index >= 15 is 0 Å². The Kier molecular flexibility index (Phi) is 5.07. The van der Waals surface area contributed by atoms with Crippen LogP contribution in [-0.4, -0.2) is 20.9 Å². The van der Waals surface area contributed by atoms with Crippen molar-refractivity contribution < 1.29 is 17.6 Å². The van der Waals surface area contributed by atoms with E-state index in [0.717, 1.165) is 27.9 Å². The first-order valence-corrected chi connectivity index (χ1v) is 11.0. The van der Waals surface area contributed by atoms with E-state index < -0.39 is 10.0 Å². The van der Waals surface area contributed by atoms with Gasteiger partial charge in [0.15, 0.2) is 0 Å². The number of rotatable bonds is 4. The molecule has 0 bridgehead atoms. The normalized spacial score (nSPS) is 13.2. The number of fused-ring (bicyclic) bond motifs is 1. The molecule has 0 saturated heterocycles. The van der Waals surface area contributed by atoms with Gasteiger partial charge in [0.1, 0.15) is 5.82 Å². The van der Waals surface area contributed by atoms with Crippen LogP contribution in [0.4, 0.5) is 15.8 Å². The van der Waals surface area contributed by atoms with E-state index in [0.29, 0.717) is 18.7 Å². The maximum absolute atomic E-state index is 13.4. The minimum Gasteiger partial charge on any atom is -0.312 e. The predicted molar refractivity (Wildman–Crippen MR) is 116 cm³/mol. The largest absolute Gasteiger partial charge is 0.312 e. The summed E-state index contributed by atoms with van der Waals surface area (Å²) in [4.78, 5) is 13.5. The van der Waals surface area contributed by atoms with E-state index in [1.807, 2.05) is 13.0 Å². The summed E-state index contributed by atoms with van der Waals surface area (Å²) < 4.78 is 41.9. The molecule has 0 unspecified atom stereocenters. The van der Waals surface area contributed by atoms with E-state index in [1.165, 1.54) is 25.1 Å². The van der Waals surface area contributed by atoms with Crippen LogP contribution in [0.25, 0.3) is 11.1 Å². The topological polar surface area (TPSA) is 66.5 Å². The highest BCUT2D eigenvalue weighted by molar-refractivity contribution is 7.92. The number of carbonyl (C=O) groups excluding carboxylic acids is 1. The number of nitrogens with zero attached hydrogens (tertiary/aromatic N) is 1. The lowest BCUT2D eigenvalue weighted by Gasteiger charge is -2.15. The van der Waals surface area contributed by atoms with Gasteiger partial charge in [-0.15, -0.1) is 0 Å². The van der Waals surface area contributed by atoms with Crippen LogP contribution in [0.1, 0.15) is 18.1 Å². The predicted octanol–water partition coefficient (Wildman–Crippen LogP) is 4.51. The Labute approximate surface area is 175 Å². The van der Waals surface area contributed by atoms with E-state index in [9.17, 15) is 17.6 Å². The average molecular weight is 424 g/mol. The summed E-state index contributed by atoms with van der Waals surface area (Å²) >= 11 is 0. The molecule has 0 spiro atoms. The second kappa shape index (κ2) is 7.57. The maximum Gasteiger partial charge on any atom is 0.261 e. The van der Waals surface area contributed by atoms with Gasteiger partial charge in [0.25, 0.3) is 10.0 Å². The summed E-state index contributed by atoms with van der Waals surface area (Å²) in [6.07, 6.45) is 0.623. The lowest BCUT2D eigenvalue weighted by atomic mass is 10.0. The zero-order valence-corrected chi connectivity index (χ0v) is 17.5. The number of nitrogens with one attached hydrogen (secondary N) is 1. The molecule has 3 aromatic rings. The van der Waals surface area contributed by atoms with Gasteiger partial charge >= 0.3 is 0 Å². The summed E-state index contributed by atoms with van der Waals surface area (Å²) in [6, 6.07) is 16.3. The first kappa shape index (κ1) is 20.1. The molecule has 1 aliphatic rings. The van der Waals surface area contributed by atoms with Crippen molar-refractivity contribution in [2.45, 2.75) is 25.2 Å². The third-order valence-electron chi connectivity index (χ3n) is 5.25. The van der Waals surface area contributed by atoms with Crippen molar-refractivity contribution in [3.05, 3.63) is 77.6 Å². The number of aryl methyl sites for hydroxylation is 1. The number of benzene rings is 3. The first-order chi connectivity index (χ1) is 14.2. The number of hydrogen-bond acceptors (Lipinski definition) is 3. The fourth-order valence-electron chi connectivity index (χ4n) is 3.79. The first-order valence-electron chi connectivity index (χ1n) is 9.55. The lowest BCUT2D eigenvalue weighted by molar-refractivity contribution is -0.116. The molecule has 154 valence electrons. The molecule has 1 aliphatic heterocycles. The highest BCUT2D eigenvalue weighted by Gasteiger charge is 2.25. The molecule has 5 nitrogen and oxygen atoms in total. The van der Waals surface area contributed by atoms with Gasteiger partial charge in [-0.25, -0.2) is 12.8 Å². The zero-order chi connectivity index (χ0) is 21.5. The van der Waals surface area contributed by atoms with Crippen molar-refractivity contribution >= 4 is 27.3 Å². The second-order valence-corrected chi connectivity index (χ2v) is 9.04. The maximum atomic E-state index is 13.4. The Hall–Kier alpha value is -3.19. The van der Waals surface area contributed by atoms with Crippen molar-refractivity contribution in [2.24, 2.45) is 0 Å². The van der Waals surface area contributed by atoms with Crippen LogP contribution in [0.5, 0.6) is 0 Å². The van der Waals surface area contributed by atoms with Gasteiger partial charge in [0.05, 0.1) is 4.90 Å². The monoisotopic (exact) mass is 424 g/mol. The van der Waals surface area contributed by atoms with Crippen LogP contribution in [0, 0.1) is 12.7 Å². The van der Waals surface area contributed by atoms with Gasteiger partial charge in [-0.2, -0.15) is 0 Å². The van der Waals surface area contributed by atoms with E-state index in [1.54, 1.807) is 41.3 Å². The quantitative estimate of drug-likeness (QED) is 0.670. The Morgan fingerprint density at radius 3 is 2.60 bits per heavy atom. The molecular formula is C23H21FN2O3S. The summed E-state index contributed by atoms with van der Waals surface area (Å²) in [7, 11) is -3.80. The van der Waals surface area contributed by atoms with Crippen molar-refractivity contribution in [2.75, 3.05) is 16.2 Å². The van der Waals surface area contributed by atoms with E-state index in [-0.39, 0.29) is 16.6 Å². The third-order valence-corrected chi connectivity index (χ3v) is 6.63. The number of amides is 1. The van der Waals surface area contributed by atoms with Gasteiger partial charge in [0.2, 0.25) is 5.91 Å². The van der Waals surface area contributed by atoms with Gasteiger partial charge in [-0.1, -0.05) is 18.2 Å². The average Bonchev–Trinajstić information content (AvgIpc) is 3.11. The molecule has 0 saturated carbocycles. The SMILES string of the molecule is CC(=O)N1CCc2cc(S(=O)(=O)Nc3cccc(-c4ccc(F)cc4C)c3)ccc21. The molecule has 3 aromatic carbocycles. The Balaban J connectivity index is 1.62. The van der Waals surface area contributed by atoms with Crippen LogP contribution in [0.15, 0.2) is 65.6 Å². The fraction of sp³-hybridized carbons (Fsp3) is 0.174. The Morgan fingerprint density at radius 2 is 1.87 bits per heavy atom. The molecule has 0 fully saturated rings. The molecular weight excluding hydrogens is 403 g/mol. The van der Waals surface area contributed by atoms with Gasteiger partial charge in [0, 0.05) is 24.8 Å². The number of hydrogen-bond donors (Lipinski definition) is 1. The van der Waals surface area contributed by atoms with Gasteiger partial charge in [-0.05, 0) is 78.1 Å². The molecule has 4 rings (SSSR count). The second-order valence-electron chi connectivity index (χ2n) is 7.36. The van der Waals surface area contributed by atoms with Crippen molar-refractivity contribution in [3.8, 4) is 11.1 Å². The summed E-state index contributed by atoms with van der Waals surface area (Å²) in [5, 5.41) is 0. The molecule has 0 atom stereocenters. The standard InChI is InChI=1S/C23H21FN2O3S/c1-15-12-19(24)6-8-22(15)17-4-3-5-20(13-17)25-30(28,29)21-7-9-23-18(14-21)10-11-26(23)16(2)27/h3-9,12-14,25H,10-11H2,1-2H3. The van der Waals surface area contributed by atoms with E-state index in [2.05, 4.69) is 4.72 Å². The lowest BCUT2D eigenvalue weighted by Crippen LogP contribution is -2.25. The molecule has 1 heterocycles. The van der Waals surface area contributed by atoms with Crippen molar-refractivity contribution in [1.82, 2.24) is 0 Å². The minimum absolute atomic E-state index is 0.0598. The third kappa shape index (κ3) is 3.80. The zero-order valence-electron chi connectivity index (χ0n) is 16.6. The molecule has 1 N–H and O–H groups in total. The van der Waals surface area contributed by atoms with Crippen LogP contribution >= 0.6 is 0 Å². The highest BCUT2D eigenvalue weighted by Crippen LogP contribution is 2.31. The molecule has 7 heteroatoms. The van der Waals surface area contributed by atoms with Crippen molar-refractivity contribution in [3.63, 3.8) is 0 Å². The van der Waals surface area contributed by atoms with Crippen LogP contribution < -0.4 is 9.62 Å². The number of halogens is 1. The summed E-state index contributed by atoms with van der Waals surface area (Å²) in [6.45, 7) is 3.86. The Bertz CT molecular complexity index is 1260. The number of sulfonamides is 1. The molecule has 30 heavy (non-hydrogen) atoms. The molecule has 0 aliphatic carbocycles. The van der Waals surface area contributed by atoms with Gasteiger partial charge < -0.3 is 4.90 Å². The van der Waals surface area contributed by atoms with E-state index in [4.69, 9.17) is 0 Å². The summed E-state index contributed by atoms with van der Waals surface area (Å²) in [5.41, 5.74) is 4.41. The number of carbonyl (C=O) groups is 1. The van der Waals surface area contributed by atoms with Crippen molar-refractivity contribution in [1.29, 1.82) is 0 Å². The summed E-state index contributed by atoms with van der Waals surface area (Å²) in [5.74, 6) is -0.372. The van der Waals surface area contributed by atoms with Crippen LogP contribution in [0.3, 0.4) is 0 Å². The minimum atomic E-state index is -3.80.